The molecule has 0 bridgehead atoms. The molecule has 0 radical (unpaired) electrons. The fourth-order valence-electron chi connectivity index (χ4n) is 2.95. The molecule has 0 aromatic heterocycles. The van der Waals surface area contributed by atoms with Gasteiger partial charge in [-0.25, -0.2) is 8.78 Å². The summed E-state index contributed by atoms with van der Waals surface area (Å²) in [4.78, 5) is 14.0. The summed E-state index contributed by atoms with van der Waals surface area (Å²) in [6.45, 7) is 0.985. The smallest absolute Gasteiger partial charge is 0.225 e. The molecule has 0 unspecified atom stereocenters. The Kier molecular flexibility index (Phi) is 5.28. The first kappa shape index (κ1) is 15.9. The molecule has 21 heavy (non-hydrogen) atoms. The maximum absolute atomic E-state index is 13.2. The second kappa shape index (κ2) is 6.98. The number of nitrogens with two attached hydrogens (primary N) is 1. The summed E-state index contributed by atoms with van der Waals surface area (Å²) >= 11 is 0. The molecular weight excluding hydrogens is 274 g/mol. The molecule has 0 spiro atoms. The van der Waals surface area contributed by atoms with Crippen molar-refractivity contribution in [2.75, 3.05) is 13.6 Å². The monoisotopic (exact) mass is 296 g/mol. The van der Waals surface area contributed by atoms with Crippen molar-refractivity contribution in [1.29, 1.82) is 0 Å². The molecule has 1 aromatic rings. The predicted octanol–water partition coefficient (Wildman–Crippen LogP) is 2.69. The molecule has 1 amide bonds. The van der Waals surface area contributed by atoms with Gasteiger partial charge >= 0.3 is 0 Å². The minimum atomic E-state index is -0.878. The van der Waals surface area contributed by atoms with E-state index in [1.165, 1.54) is 6.07 Å². The van der Waals surface area contributed by atoms with Crippen LogP contribution in [-0.2, 0) is 11.3 Å². The number of amides is 1. The van der Waals surface area contributed by atoms with Crippen LogP contribution in [0.15, 0.2) is 18.2 Å². The number of rotatable bonds is 4. The maximum Gasteiger partial charge on any atom is 0.225 e. The summed E-state index contributed by atoms with van der Waals surface area (Å²) in [5.74, 6) is -1.10. The van der Waals surface area contributed by atoms with Crippen LogP contribution >= 0.6 is 0 Å². The van der Waals surface area contributed by atoms with Gasteiger partial charge in [0.2, 0.25) is 5.91 Å². The normalized spacial score (nSPS) is 22.1. The number of hydrogen-bond acceptors (Lipinski definition) is 2. The number of nitrogens with zero attached hydrogens (tertiary/aromatic N) is 1. The maximum atomic E-state index is 13.2. The average molecular weight is 296 g/mol. The quantitative estimate of drug-likeness (QED) is 0.928. The van der Waals surface area contributed by atoms with E-state index in [1.54, 1.807) is 11.9 Å². The molecule has 3 nitrogen and oxygen atoms in total. The molecular formula is C16H22F2N2O. The van der Waals surface area contributed by atoms with E-state index in [0.29, 0.717) is 24.6 Å². The Morgan fingerprint density at radius 3 is 2.48 bits per heavy atom. The molecule has 2 rings (SSSR count). The van der Waals surface area contributed by atoms with Crippen LogP contribution in [0.3, 0.4) is 0 Å². The molecule has 116 valence electrons. The summed E-state index contributed by atoms with van der Waals surface area (Å²) < 4.78 is 26.1. The largest absolute Gasteiger partial charge is 0.341 e. The molecule has 0 atom stereocenters. The molecule has 1 saturated carbocycles. The first-order chi connectivity index (χ1) is 10.0. The Morgan fingerprint density at radius 1 is 1.24 bits per heavy atom. The second-order valence-corrected chi connectivity index (χ2v) is 5.90. The lowest BCUT2D eigenvalue weighted by molar-refractivity contribution is -0.136. The van der Waals surface area contributed by atoms with Gasteiger partial charge in [-0.2, -0.15) is 0 Å². The van der Waals surface area contributed by atoms with Gasteiger partial charge < -0.3 is 10.6 Å². The molecule has 5 heteroatoms. The average Bonchev–Trinajstić information content (AvgIpc) is 2.50. The highest BCUT2D eigenvalue weighted by molar-refractivity contribution is 5.78. The fourth-order valence-corrected chi connectivity index (χ4v) is 2.95. The van der Waals surface area contributed by atoms with Crippen molar-refractivity contribution in [1.82, 2.24) is 4.90 Å². The standard InChI is InChI=1S/C16H22F2N2O/c1-20(10-12-4-7-14(17)15(18)8-12)16(21)13-5-2-11(9-19)3-6-13/h4,7-8,11,13H,2-3,5-6,9-10,19H2,1H3. The van der Waals surface area contributed by atoms with E-state index in [4.69, 9.17) is 5.73 Å². The Bertz CT molecular complexity index is 499. The van der Waals surface area contributed by atoms with Crippen LogP contribution in [0, 0.1) is 23.5 Å². The third-order valence-corrected chi connectivity index (χ3v) is 4.31. The van der Waals surface area contributed by atoms with Crippen molar-refractivity contribution in [2.24, 2.45) is 17.6 Å². The van der Waals surface area contributed by atoms with Crippen molar-refractivity contribution in [3.63, 3.8) is 0 Å². The van der Waals surface area contributed by atoms with E-state index in [-0.39, 0.29) is 11.8 Å². The van der Waals surface area contributed by atoms with Crippen LogP contribution in [0.4, 0.5) is 8.78 Å². The lowest BCUT2D eigenvalue weighted by Gasteiger charge is -2.30. The SMILES string of the molecule is CN(Cc1ccc(F)c(F)c1)C(=O)C1CCC(CN)CC1. The van der Waals surface area contributed by atoms with Crippen LogP contribution in [0.2, 0.25) is 0 Å². The number of hydrogen-bond donors (Lipinski definition) is 1. The minimum Gasteiger partial charge on any atom is -0.341 e. The Morgan fingerprint density at radius 2 is 1.90 bits per heavy atom. The van der Waals surface area contributed by atoms with Gasteiger partial charge in [0.25, 0.3) is 0 Å². The van der Waals surface area contributed by atoms with Gasteiger partial charge in [-0.1, -0.05) is 6.07 Å². The van der Waals surface area contributed by atoms with Crippen LogP contribution in [-0.4, -0.2) is 24.4 Å². The van der Waals surface area contributed by atoms with Crippen molar-refractivity contribution < 1.29 is 13.6 Å². The van der Waals surface area contributed by atoms with Gasteiger partial charge in [-0.15, -0.1) is 0 Å². The van der Waals surface area contributed by atoms with Gasteiger partial charge in [-0.3, -0.25) is 4.79 Å². The third kappa shape index (κ3) is 4.00. The molecule has 2 N–H and O–H groups in total. The Balaban J connectivity index is 1.92. The van der Waals surface area contributed by atoms with Gasteiger partial charge in [0, 0.05) is 19.5 Å². The van der Waals surface area contributed by atoms with Crippen LogP contribution < -0.4 is 5.73 Å². The number of carbonyl (C=O) groups is 1. The van der Waals surface area contributed by atoms with Crippen molar-refractivity contribution >= 4 is 5.91 Å². The summed E-state index contributed by atoms with van der Waals surface area (Å²) in [5.41, 5.74) is 6.25. The molecule has 1 fully saturated rings. The van der Waals surface area contributed by atoms with Crippen LogP contribution in [0.5, 0.6) is 0 Å². The zero-order chi connectivity index (χ0) is 15.4. The van der Waals surface area contributed by atoms with E-state index in [0.717, 1.165) is 37.8 Å². The van der Waals surface area contributed by atoms with E-state index in [1.807, 2.05) is 0 Å². The van der Waals surface area contributed by atoms with Crippen LogP contribution in [0.1, 0.15) is 31.2 Å². The summed E-state index contributed by atoms with van der Waals surface area (Å²) in [6, 6.07) is 3.74. The van der Waals surface area contributed by atoms with Crippen LogP contribution in [0.25, 0.3) is 0 Å². The van der Waals surface area contributed by atoms with E-state index >= 15 is 0 Å². The van der Waals surface area contributed by atoms with E-state index in [9.17, 15) is 13.6 Å². The first-order valence-electron chi connectivity index (χ1n) is 7.40. The second-order valence-electron chi connectivity index (χ2n) is 5.90. The highest BCUT2D eigenvalue weighted by Crippen LogP contribution is 2.29. The molecule has 1 aliphatic carbocycles. The highest BCUT2D eigenvalue weighted by Gasteiger charge is 2.27. The zero-order valence-electron chi connectivity index (χ0n) is 12.3. The van der Waals surface area contributed by atoms with E-state index < -0.39 is 11.6 Å². The third-order valence-electron chi connectivity index (χ3n) is 4.31. The molecule has 0 heterocycles. The van der Waals surface area contributed by atoms with Gasteiger partial charge in [0.1, 0.15) is 0 Å². The summed E-state index contributed by atoms with van der Waals surface area (Å²) in [5, 5.41) is 0. The van der Waals surface area contributed by atoms with Crippen molar-refractivity contribution in [3.8, 4) is 0 Å². The van der Waals surface area contributed by atoms with Crippen molar-refractivity contribution in [2.45, 2.75) is 32.2 Å². The number of halogens is 2. The van der Waals surface area contributed by atoms with E-state index in [2.05, 4.69) is 0 Å². The fraction of sp³-hybridized carbons (Fsp3) is 0.562. The predicted molar refractivity (Wildman–Crippen MR) is 77.3 cm³/mol. The highest BCUT2D eigenvalue weighted by atomic mass is 19.2. The number of carbonyl (C=O) groups excluding carboxylic acids is 1. The molecule has 0 aliphatic heterocycles. The van der Waals surface area contributed by atoms with Gasteiger partial charge in [-0.05, 0) is 55.8 Å². The van der Waals surface area contributed by atoms with Crippen molar-refractivity contribution in [3.05, 3.63) is 35.4 Å². The first-order valence-corrected chi connectivity index (χ1v) is 7.40. The summed E-state index contributed by atoms with van der Waals surface area (Å²) in [6.07, 6.45) is 3.71. The van der Waals surface area contributed by atoms with Gasteiger partial charge in [0.05, 0.1) is 0 Å². The summed E-state index contributed by atoms with van der Waals surface area (Å²) in [7, 11) is 1.71. The molecule has 1 aromatic carbocycles. The minimum absolute atomic E-state index is 0.0306. The zero-order valence-corrected chi connectivity index (χ0v) is 12.3. The lowest BCUT2D eigenvalue weighted by Crippen LogP contribution is -2.35. The Hall–Kier alpha value is -1.49. The topological polar surface area (TPSA) is 46.3 Å². The Labute approximate surface area is 124 Å². The molecule has 0 saturated heterocycles. The lowest BCUT2D eigenvalue weighted by atomic mass is 9.81. The van der Waals surface area contributed by atoms with Gasteiger partial charge in [0.15, 0.2) is 11.6 Å². The number of benzene rings is 1. The molecule has 1 aliphatic rings.